The number of alkyl halides is 3. The first-order valence-corrected chi connectivity index (χ1v) is 11.3. The number of ether oxygens (including phenoxy) is 1. The minimum atomic E-state index is -4.78. The number of nitrogens with zero attached hydrogens (tertiary/aromatic N) is 3. The summed E-state index contributed by atoms with van der Waals surface area (Å²) < 4.78 is 60.4. The summed E-state index contributed by atoms with van der Waals surface area (Å²) in [6.45, 7) is 3.20. The number of carbonyl (C=O) groups is 2. The minimum Gasteiger partial charge on any atom is -0.462 e. The molecule has 0 heterocycles. The van der Waals surface area contributed by atoms with E-state index in [2.05, 4.69) is 0 Å². The summed E-state index contributed by atoms with van der Waals surface area (Å²) in [5, 5.41) is 8.92. The van der Waals surface area contributed by atoms with Crippen molar-refractivity contribution < 1.29 is 31.9 Å². The van der Waals surface area contributed by atoms with E-state index in [1.807, 2.05) is 0 Å². The van der Waals surface area contributed by atoms with Crippen LogP contribution in [0.4, 0.5) is 28.9 Å². The maximum absolute atomic E-state index is 14.9. The third kappa shape index (κ3) is 5.82. The minimum absolute atomic E-state index is 0.00114. The van der Waals surface area contributed by atoms with E-state index < -0.39 is 34.6 Å². The molecule has 11 heteroatoms. The smallest absolute Gasteiger partial charge is 0.417 e. The maximum Gasteiger partial charge on any atom is 0.417 e. The fourth-order valence-electron chi connectivity index (χ4n) is 3.44. The van der Waals surface area contributed by atoms with Crippen LogP contribution in [-0.4, -0.2) is 36.6 Å². The van der Waals surface area contributed by atoms with Gasteiger partial charge in [-0.05, 0) is 81.2 Å². The van der Waals surface area contributed by atoms with E-state index in [1.54, 1.807) is 0 Å². The van der Waals surface area contributed by atoms with Crippen molar-refractivity contribution in [2.75, 3.05) is 23.5 Å². The largest absolute Gasteiger partial charge is 0.462 e. The second kappa shape index (κ2) is 10.2. The van der Waals surface area contributed by atoms with Gasteiger partial charge in [0.25, 0.3) is 0 Å². The highest BCUT2D eigenvalue weighted by atomic mass is 32.1. The molecular formula is C25H23F4N3O3S. The summed E-state index contributed by atoms with van der Waals surface area (Å²) in [7, 11) is 1.39. The molecule has 36 heavy (non-hydrogen) atoms. The van der Waals surface area contributed by atoms with Gasteiger partial charge >= 0.3 is 12.1 Å². The van der Waals surface area contributed by atoms with E-state index in [9.17, 15) is 27.2 Å². The number of halogens is 4. The Bertz CT molecular complexity index is 1240. The van der Waals surface area contributed by atoms with Crippen molar-refractivity contribution in [2.45, 2.75) is 38.4 Å². The van der Waals surface area contributed by atoms with Crippen molar-refractivity contribution in [2.24, 2.45) is 5.92 Å². The van der Waals surface area contributed by atoms with Gasteiger partial charge < -0.3 is 19.3 Å². The van der Waals surface area contributed by atoms with Gasteiger partial charge in [0.1, 0.15) is 12.1 Å². The molecule has 1 aliphatic carbocycles. The Morgan fingerprint density at radius 3 is 2.36 bits per heavy atom. The van der Waals surface area contributed by atoms with Crippen LogP contribution in [0.1, 0.15) is 48.2 Å². The van der Waals surface area contributed by atoms with Crippen LogP contribution in [0.15, 0.2) is 36.4 Å². The molecule has 0 spiro atoms. The SMILES string of the molecule is CN(C(=S)N(c1ccc(C(=O)OCC2CC2)c(F)c1)C(C)(C)C=O)c1ccc(C#N)c(C(F)(F)F)c1. The van der Waals surface area contributed by atoms with Gasteiger partial charge in [0, 0.05) is 18.4 Å². The standard InChI is InChI=1S/C25H23F4N3O3S/c1-24(2,14-33)32(18-8-9-19(21(26)11-18)22(34)35-13-15-4-5-15)23(36)31(3)17-7-6-16(12-30)20(10-17)25(27,28)29/h6-11,14-15H,4-5,13H2,1-3H3. The highest BCUT2D eigenvalue weighted by molar-refractivity contribution is 7.80. The molecule has 0 aliphatic heterocycles. The zero-order chi connectivity index (χ0) is 26.8. The van der Waals surface area contributed by atoms with Crippen molar-refractivity contribution in [3.05, 3.63) is 58.9 Å². The molecule has 2 aromatic carbocycles. The van der Waals surface area contributed by atoms with E-state index in [4.69, 9.17) is 22.2 Å². The van der Waals surface area contributed by atoms with Gasteiger partial charge in [0.15, 0.2) is 5.11 Å². The predicted octanol–water partition coefficient (Wildman–Crippen LogP) is 5.49. The van der Waals surface area contributed by atoms with Gasteiger partial charge in [-0.2, -0.15) is 18.4 Å². The molecule has 0 saturated heterocycles. The molecule has 3 rings (SSSR count). The van der Waals surface area contributed by atoms with Crippen LogP contribution in [0.2, 0.25) is 0 Å². The molecule has 0 atom stereocenters. The average Bonchev–Trinajstić information content (AvgIpc) is 3.65. The lowest BCUT2D eigenvalue weighted by Gasteiger charge is -2.39. The van der Waals surface area contributed by atoms with Gasteiger partial charge in [-0.15, -0.1) is 0 Å². The second-order valence-corrected chi connectivity index (χ2v) is 9.36. The molecule has 1 fully saturated rings. The maximum atomic E-state index is 14.9. The number of hydrogen-bond acceptors (Lipinski definition) is 5. The number of esters is 1. The fraction of sp³-hybridized carbons (Fsp3) is 0.360. The summed E-state index contributed by atoms with van der Waals surface area (Å²) >= 11 is 5.51. The van der Waals surface area contributed by atoms with Gasteiger partial charge in [-0.25, -0.2) is 9.18 Å². The van der Waals surface area contributed by atoms with Gasteiger partial charge in [-0.1, -0.05) is 0 Å². The summed E-state index contributed by atoms with van der Waals surface area (Å²) in [6.07, 6.45) is -2.31. The third-order valence-electron chi connectivity index (χ3n) is 5.74. The lowest BCUT2D eigenvalue weighted by molar-refractivity contribution is -0.137. The molecule has 190 valence electrons. The highest BCUT2D eigenvalue weighted by Crippen LogP contribution is 2.35. The molecule has 2 aromatic rings. The highest BCUT2D eigenvalue weighted by Gasteiger charge is 2.36. The van der Waals surface area contributed by atoms with Crippen molar-refractivity contribution in [3.8, 4) is 6.07 Å². The van der Waals surface area contributed by atoms with Crippen molar-refractivity contribution in [1.29, 1.82) is 5.26 Å². The molecule has 0 aromatic heterocycles. The summed E-state index contributed by atoms with van der Waals surface area (Å²) in [4.78, 5) is 26.6. The number of rotatable bonds is 7. The Kier molecular flexibility index (Phi) is 7.69. The molecule has 0 bridgehead atoms. The number of anilines is 2. The average molecular weight is 522 g/mol. The second-order valence-electron chi connectivity index (χ2n) is 8.99. The molecule has 1 aliphatic rings. The van der Waals surface area contributed by atoms with Crippen molar-refractivity contribution >= 4 is 41.0 Å². The third-order valence-corrected chi connectivity index (χ3v) is 6.19. The Morgan fingerprint density at radius 2 is 1.83 bits per heavy atom. The van der Waals surface area contributed by atoms with Crippen LogP contribution >= 0.6 is 12.2 Å². The molecule has 0 unspecified atom stereocenters. The molecule has 0 N–H and O–H groups in total. The van der Waals surface area contributed by atoms with E-state index in [1.165, 1.54) is 55.0 Å². The van der Waals surface area contributed by atoms with Crippen LogP contribution in [0.3, 0.4) is 0 Å². The van der Waals surface area contributed by atoms with E-state index >= 15 is 0 Å². The number of benzene rings is 2. The monoisotopic (exact) mass is 521 g/mol. The number of carbonyl (C=O) groups excluding carboxylic acids is 2. The Morgan fingerprint density at radius 1 is 1.19 bits per heavy atom. The zero-order valence-corrected chi connectivity index (χ0v) is 20.5. The number of aldehydes is 1. The summed E-state index contributed by atoms with van der Waals surface area (Å²) in [6, 6.07) is 8.19. The normalized spacial score (nSPS) is 13.5. The molecule has 6 nitrogen and oxygen atoms in total. The lowest BCUT2D eigenvalue weighted by Crippen LogP contribution is -2.54. The predicted molar refractivity (Wildman–Crippen MR) is 129 cm³/mol. The first-order valence-electron chi connectivity index (χ1n) is 10.9. The molecule has 0 amide bonds. The Balaban J connectivity index is 1.97. The lowest BCUT2D eigenvalue weighted by atomic mass is 10.0. The molecule has 1 saturated carbocycles. The Labute approximate surface area is 211 Å². The fourth-order valence-corrected chi connectivity index (χ4v) is 3.89. The van der Waals surface area contributed by atoms with Gasteiger partial charge in [0.2, 0.25) is 0 Å². The zero-order valence-electron chi connectivity index (χ0n) is 19.7. The van der Waals surface area contributed by atoms with E-state index in [0.717, 1.165) is 31.0 Å². The van der Waals surface area contributed by atoms with Crippen LogP contribution in [-0.2, 0) is 15.7 Å². The van der Waals surface area contributed by atoms with Gasteiger partial charge in [0.05, 0.1) is 34.9 Å². The van der Waals surface area contributed by atoms with Crippen molar-refractivity contribution in [1.82, 2.24) is 0 Å². The first kappa shape index (κ1) is 27.1. The number of hydrogen-bond donors (Lipinski definition) is 0. The first-order chi connectivity index (χ1) is 16.8. The van der Waals surface area contributed by atoms with E-state index in [0.29, 0.717) is 12.2 Å². The van der Waals surface area contributed by atoms with Crippen LogP contribution in [0.25, 0.3) is 0 Å². The van der Waals surface area contributed by atoms with Crippen LogP contribution in [0.5, 0.6) is 0 Å². The number of nitriles is 1. The summed E-state index contributed by atoms with van der Waals surface area (Å²) in [5.41, 5.74) is -3.22. The van der Waals surface area contributed by atoms with Gasteiger partial charge in [-0.3, -0.25) is 0 Å². The summed E-state index contributed by atoms with van der Waals surface area (Å²) in [5.74, 6) is -1.42. The Hall–Kier alpha value is -3.52. The van der Waals surface area contributed by atoms with Crippen molar-refractivity contribution in [3.63, 3.8) is 0 Å². The number of thiocarbonyl (C=S) groups is 1. The molecule has 0 radical (unpaired) electrons. The van der Waals surface area contributed by atoms with Crippen LogP contribution < -0.4 is 9.80 Å². The molecular weight excluding hydrogens is 498 g/mol. The quantitative estimate of drug-likeness (QED) is 0.207. The van der Waals surface area contributed by atoms with E-state index in [-0.39, 0.29) is 28.7 Å². The van der Waals surface area contributed by atoms with Crippen LogP contribution in [0, 0.1) is 23.1 Å². The topological polar surface area (TPSA) is 73.6 Å².